The topological polar surface area (TPSA) is 101 Å². The van der Waals surface area contributed by atoms with Gasteiger partial charge in [0.15, 0.2) is 9.50 Å². The minimum absolute atomic E-state index is 0.124. The van der Waals surface area contributed by atoms with Crippen molar-refractivity contribution in [3.8, 4) is 0 Å². The average Bonchev–Trinajstić information content (AvgIpc) is 3.06. The molecule has 0 radical (unpaired) electrons. The highest BCUT2D eigenvalue weighted by atomic mass is 32.2. The van der Waals surface area contributed by atoms with E-state index in [4.69, 9.17) is 0 Å². The van der Waals surface area contributed by atoms with Crippen molar-refractivity contribution in [2.75, 3.05) is 11.1 Å². The maximum absolute atomic E-state index is 11.9. The van der Waals surface area contributed by atoms with E-state index in [9.17, 15) is 9.59 Å². The fourth-order valence-corrected chi connectivity index (χ4v) is 4.12. The summed E-state index contributed by atoms with van der Waals surface area (Å²) in [5.41, 5.74) is 0.955. The normalized spacial score (nSPS) is 10.6. The van der Waals surface area contributed by atoms with Crippen LogP contribution in [0.2, 0.25) is 0 Å². The maximum atomic E-state index is 11.9. The third-order valence-electron chi connectivity index (χ3n) is 2.85. The zero-order chi connectivity index (χ0) is 17.5. The third-order valence-corrected chi connectivity index (χ3v) is 5.78. The molecule has 0 saturated carbocycles. The molecule has 2 N–H and O–H groups in total. The highest BCUT2D eigenvalue weighted by Gasteiger charge is 2.10. The molecular formula is C15H13N5O2S3. The molecular weight excluding hydrogens is 378 g/mol. The SMILES string of the molecule is O=C(CSc1nccc(=O)[nH]1)Nc1nnc(SCc2ccccc2)s1. The van der Waals surface area contributed by atoms with E-state index < -0.39 is 0 Å². The number of aromatic amines is 1. The van der Waals surface area contributed by atoms with E-state index in [2.05, 4.69) is 37.6 Å². The third kappa shape index (κ3) is 5.69. The summed E-state index contributed by atoms with van der Waals surface area (Å²) in [6, 6.07) is 11.4. The molecule has 0 spiro atoms. The van der Waals surface area contributed by atoms with Gasteiger partial charge in [0.25, 0.3) is 5.56 Å². The summed E-state index contributed by atoms with van der Waals surface area (Å²) in [5.74, 6) is 0.693. The van der Waals surface area contributed by atoms with Crippen molar-refractivity contribution in [1.82, 2.24) is 20.2 Å². The highest BCUT2D eigenvalue weighted by Crippen LogP contribution is 2.28. The largest absolute Gasteiger partial charge is 0.301 e. The Morgan fingerprint density at radius 1 is 1.16 bits per heavy atom. The summed E-state index contributed by atoms with van der Waals surface area (Å²) in [5, 5.41) is 11.6. The molecule has 2 aromatic heterocycles. The molecule has 0 aliphatic heterocycles. The van der Waals surface area contributed by atoms with Crippen molar-refractivity contribution in [1.29, 1.82) is 0 Å². The number of nitrogens with zero attached hydrogens (tertiary/aromatic N) is 3. The fourth-order valence-electron chi connectivity index (χ4n) is 1.75. The first-order valence-electron chi connectivity index (χ1n) is 7.17. The van der Waals surface area contributed by atoms with Gasteiger partial charge >= 0.3 is 0 Å². The number of thioether (sulfide) groups is 2. The van der Waals surface area contributed by atoms with Gasteiger partial charge in [-0.05, 0) is 5.56 Å². The van der Waals surface area contributed by atoms with Crippen LogP contribution in [0, 0.1) is 0 Å². The first kappa shape index (κ1) is 17.6. The molecule has 25 heavy (non-hydrogen) atoms. The lowest BCUT2D eigenvalue weighted by Gasteiger charge is -2.00. The standard InChI is InChI=1S/C15H13N5O2S3/c21-11-6-7-16-13(17-11)23-9-12(22)18-14-19-20-15(25-14)24-8-10-4-2-1-3-5-10/h1-7H,8-9H2,(H,16,17,21)(H,18,19,22). The van der Waals surface area contributed by atoms with Gasteiger partial charge < -0.3 is 4.98 Å². The molecule has 10 heteroatoms. The van der Waals surface area contributed by atoms with Crippen molar-refractivity contribution in [3.63, 3.8) is 0 Å². The number of hydrogen-bond acceptors (Lipinski definition) is 8. The Kier molecular flexibility index (Phi) is 6.20. The second-order valence-electron chi connectivity index (χ2n) is 4.72. The van der Waals surface area contributed by atoms with E-state index in [1.807, 2.05) is 18.2 Å². The van der Waals surface area contributed by atoms with E-state index in [1.165, 1.54) is 29.2 Å². The van der Waals surface area contributed by atoms with Crippen LogP contribution in [0.5, 0.6) is 0 Å². The van der Waals surface area contributed by atoms with Gasteiger partial charge in [-0.2, -0.15) is 0 Å². The van der Waals surface area contributed by atoms with E-state index in [0.717, 1.165) is 21.9 Å². The van der Waals surface area contributed by atoms with E-state index in [0.29, 0.717) is 10.3 Å². The van der Waals surface area contributed by atoms with Crippen LogP contribution in [-0.2, 0) is 10.5 Å². The number of amides is 1. The lowest BCUT2D eigenvalue weighted by molar-refractivity contribution is -0.113. The number of carbonyl (C=O) groups is 1. The van der Waals surface area contributed by atoms with Crippen LogP contribution < -0.4 is 10.9 Å². The van der Waals surface area contributed by atoms with Crippen LogP contribution >= 0.6 is 34.9 Å². The Bertz CT molecular complexity index is 897. The summed E-state index contributed by atoms with van der Waals surface area (Å²) in [6.07, 6.45) is 1.40. The highest BCUT2D eigenvalue weighted by molar-refractivity contribution is 8.00. The van der Waals surface area contributed by atoms with E-state index in [1.54, 1.807) is 11.8 Å². The summed E-state index contributed by atoms with van der Waals surface area (Å²) in [6.45, 7) is 0. The Morgan fingerprint density at radius 2 is 2.00 bits per heavy atom. The number of anilines is 1. The number of aromatic nitrogens is 4. The van der Waals surface area contributed by atoms with Crippen LogP contribution in [0.25, 0.3) is 0 Å². The Balaban J connectivity index is 1.47. The average molecular weight is 392 g/mol. The van der Waals surface area contributed by atoms with Crippen LogP contribution in [0.15, 0.2) is 56.9 Å². The summed E-state index contributed by atoms with van der Waals surface area (Å²) < 4.78 is 0.792. The van der Waals surface area contributed by atoms with E-state index in [-0.39, 0.29) is 17.2 Å². The molecule has 3 rings (SSSR count). The molecule has 0 fully saturated rings. The number of H-pyrrole nitrogens is 1. The number of hydrogen-bond donors (Lipinski definition) is 2. The van der Waals surface area contributed by atoms with Crippen molar-refractivity contribution >= 4 is 45.9 Å². The summed E-state index contributed by atoms with van der Waals surface area (Å²) in [7, 11) is 0. The molecule has 0 atom stereocenters. The number of rotatable bonds is 7. The fraction of sp³-hybridized carbons (Fsp3) is 0.133. The number of nitrogens with one attached hydrogen (secondary N) is 2. The van der Waals surface area contributed by atoms with Crippen molar-refractivity contribution in [2.45, 2.75) is 15.2 Å². The maximum Gasteiger partial charge on any atom is 0.251 e. The number of carbonyl (C=O) groups excluding carboxylic acids is 1. The predicted molar refractivity (Wildman–Crippen MR) is 100 cm³/mol. The molecule has 1 aromatic carbocycles. The lowest BCUT2D eigenvalue weighted by Crippen LogP contribution is -2.15. The van der Waals surface area contributed by atoms with Gasteiger partial charge in [-0.3, -0.25) is 14.9 Å². The molecule has 0 aliphatic carbocycles. The van der Waals surface area contributed by atoms with Gasteiger partial charge in [-0.1, -0.05) is 65.2 Å². The molecule has 2 heterocycles. The first-order valence-corrected chi connectivity index (χ1v) is 9.96. The molecule has 0 saturated heterocycles. The monoisotopic (exact) mass is 391 g/mol. The minimum Gasteiger partial charge on any atom is -0.301 e. The number of benzene rings is 1. The second-order valence-corrected chi connectivity index (χ2v) is 7.89. The zero-order valence-electron chi connectivity index (χ0n) is 12.8. The predicted octanol–water partition coefficient (Wildman–Crippen LogP) is 2.64. The van der Waals surface area contributed by atoms with Gasteiger partial charge in [0.2, 0.25) is 11.0 Å². The second kappa shape index (κ2) is 8.79. The summed E-state index contributed by atoms with van der Waals surface area (Å²) in [4.78, 5) is 29.6. The molecule has 128 valence electrons. The van der Waals surface area contributed by atoms with E-state index >= 15 is 0 Å². The van der Waals surface area contributed by atoms with Gasteiger partial charge in [-0.15, -0.1) is 10.2 Å². The van der Waals surface area contributed by atoms with Crippen LogP contribution in [0.4, 0.5) is 5.13 Å². The smallest absolute Gasteiger partial charge is 0.251 e. The zero-order valence-corrected chi connectivity index (χ0v) is 15.3. The molecule has 3 aromatic rings. The quantitative estimate of drug-likeness (QED) is 0.363. The Hall–Kier alpha value is -2.17. The summed E-state index contributed by atoms with van der Waals surface area (Å²) >= 11 is 4.05. The molecule has 0 bridgehead atoms. The van der Waals surface area contributed by atoms with Gasteiger partial charge in [0.1, 0.15) is 0 Å². The van der Waals surface area contributed by atoms with Crippen LogP contribution in [0.3, 0.4) is 0 Å². The van der Waals surface area contributed by atoms with Crippen LogP contribution in [0.1, 0.15) is 5.56 Å². The van der Waals surface area contributed by atoms with Crippen molar-refractivity contribution in [3.05, 3.63) is 58.5 Å². The minimum atomic E-state index is -0.248. The van der Waals surface area contributed by atoms with Gasteiger partial charge in [-0.25, -0.2) is 4.98 Å². The van der Waals surface area contributed by atoms with Crippen LogP contribution in [-0.4, -0.2) is 31.8 Å². The van der Waals surface area contributed by atoms with Gasteiger partial charge in [0, 0.05) is 18.0 Å². The Morgan fingerprint density at radius 3 is 2.80 bits per heavy atom. The van der Waals surface area contributed by atoms with Crippen molar-refractivity contribution < 1.29 is 4.79 Å². The Labute approximate surface area is 155 Å². The molecule has 0 unspecified atom stereocenters. The molecule has 0 aliphatic rings. The first-order chi connectivity index (χ1) is 12.2. The van der Waals surface area contributed by atoms with Crippen molar-refractivity contribution in [2.24, 2.45) is 0 Å². The molecule has 1 amide bonds. The molecule has 7 nitrogen and oxygen atoms in total. The van der Waals surface area contributed by atoms with Gasteiger partial charge in [0.05, 0.1) is 5.75 Å². The lowest BCUT2D eigenvalue weighted by atomic mass is 10.2.